The SMILES string of the molecule is CCCN(CCC)Cc1cccc(C)c1Oc1c(C)cccc1CN(CCC)CCC. The first-order chi connectivity index (χ1) is 15.0. The largest absolute Gasteiger partial charge is 0.456 e. The van der Waals surface area contributed by atoms with E-state index in [1.165, 1.54) is 47.9 Å². The van der Waals surface area contributed by atoms with E-state index in [2.05, 4.69) is 87.7 Å². The van der Waals surface area contributed by atoms with Crippen LogP contribution in [-0.2, 0) is 13.1 Å². The highest BCUT2D eigenvalue weighted by molar-refractivity contribution is 5.48. The molecular formula is C28H44N2O. The van der Waals surface area contributed by atoms with Crippen molar-refractivity contribution >= 4 is 0 Å². The molecule has 0 aliphatic rings. The third-order valence-corrected chi connectivity index (χ3v) is 5.74. The Morgan fingerprint density at radius 3 is 1.26 bits per heavy atom. The van der Waals surface area contributed by atoms with E-state index in [4.69, 9.17) is 4.74 Å². The Bertz CT molecular complexity index is 709. The summed E-state index contributed by atoms with van der Waals surface area (Å²) in [7, 11) is 0. The number of nitrogens with zero attached hydrogens (tertiary/aromatic N) is 2. The molecule has 0 atom stereocenters. The van der Waals surface area contributed by atoms with E-state index in [-0.39, 0.29) is 0 Å². The summed E-state index contributed by atoms with van der Waals surface area (Å²) in [6.07, 6.45) is 4.70. The molecule has 0 saturated heterocycles. The number of benzene rings is 2. The number of hydrogen-bond donors (Lipinski definition) is 0. The van der Waals surface area contributed by atoms with E-state index in [0.29, 0.717) is 0 Å². The predicted molar refractivity (Wildman–Crippen MR) is 134 cm³/mol. The molecule has 3 nitrogen and oxygen atoms in total. The summed E-state index contributed by atoms with van der Waals surface area (Å²) in [5, 5.41) is 0. The van der Waals surface area contributed by atoms with Gasteiger partial charge in [-0.05, 0) is 76.8 Å². The number of rotatable bonds is 14. The molecule has 0 fully saturated rings. The van der Waals surface area contributed by atoms with E-state index in [0.717, 1.165) is 50.8 Å². The quantitative estimate of drug-likeness (QED) is 0.315. The van der Waals surface area contributed by atoms with Gasteiger partial charge in [0.05, 0.1) is 0 Å². The van der Waals surface area contributed by atoms with Gasteiger partial charge in [-0.1, -0.05) is 64.1 Å². The molecule has 0 aliphatic carbocycles. The monoisotopic (exact) mass is 424 g/mol. The van der Waals surface area contributed by atoms with Crippen LogP contribution in [0, 0.1) is 13.8 Å². The zero-order chi connectivity index (χ0) is 22.6. The maximum absolute atomic E-state index is 6.76. The fourth-order valence-corrected chi connectivity index (χ4v) is 4.36. The van der Waals surface area contributed by atoms with Gasteiger partial charge >= 0.3 is 0 Å². The highest BCUT2D eigenvalue weighted by Crippen LogP contribution is 2.35. The van der Waals surface area contributed by atoms with Crippen LogP contribution in [0.5, 0.6) is 11.5 Å². The molecule has 0 aromatic heterocycles. The molecule has 2 rings (SSSR count). The number of para-hydroxylation sites is 2. The Morgan fingerprint density at radius 2 is 0.935 bits per heavy atom. The van der Waals surface area contributed by atoms with Crippen molar-refractivity contribution < 1.29 is 4.74 Å². The van der Waals surface area contributed by atoms with Crippen molar-refractivity contribution in [3.63, 3.8) is 0 Å². The van der Waals surface area contributed by atoms with Crippen LogP contribution in [0.1, 0.15) is 75.6 Å². The molecule has 3 heteroatoms. The average molecular weight is 425 g/mol. The third-order valence-electron chi connectivity index (χ3n) is 5.74. The van der Waals surface area contributed by atoms with Gasteiger partial charge in [0.15, 0.2) is 0 Å². The number of ether oxygens (including phenoxy) is 1. The van der Waals surface area contributed by atoms with Crippen molar-refractivity contribution in [2.45, 2.75) is 80.3 Å². The molecule has 0 N–H and O–H groups in total. The van der Waals surface area contributed by atoms with E-state index in [9.17, 15) is 0 Å². The van der Waals surface area contributed by atoms with Gasteiger partial charge in [-0.15, -0.1) is 0 Å². The van der Waals surface area contributed by atoms with Gasteiger partial charge in [-0.2, -0.15) is 0 Å². The minimum absolute atomic E-state index is 0.942. The first kappa shape index (κ1) is 25.4. The first-order valence-electron chi connectivity index (χ1n) is 12.3. The maximum atomic E-state index is 6.76. The zero-order valence-corrected chi connectivity index (χ0v) is 20.8. The molecular weight excluding hydrogens is 380 g/mol. The maximum Gasteiger partial charge on any atom is 0.134 e. The van der Waals surface area contributed by atoms with Crippen molar-refractivity contribution in [1.82, 2.24) is 9.80 Å². The summed E-state index contributed by atoms with van der Waals surface area (Å²) in [4.78, 5) is 5.09. The second-order valence-corrected chi connectivity index (χ2v) is 8.78. The number of aryl methyl sites for hydroxylation is 2. The molecule has 2 aromatic carbocycles. The molecule has 172 valence electrons. The van der Waals surface area contributed by atoms with Crippen LogP contribution in [0.25, 0.3) is 0 Å². The fourth-order valence-electron chi connectivity index (χ4n) is 4.36. The van der Waals surface area contributed by atoms with E-state index in [1.54, 1.807) is 0 Å². The van der Waals surface area contributed by atoms with Crippen molar-refractivity contribution in [2.24, 2.45) is 0 Å². The summed E-state index contributed by atoms with van der Waals surface area (Å²) in [5.74, 6) is 2.07. The second-order valence-electron chi connectivity index (χ2n) is 8.78. The summed E-state index contributed by atoms with van der Waals surface area (Å²) >= 11 is 0. The van der Waals surface area contributed by atoms with Crippen LogP contribution in [0.4, 0.5) is 0 Å². The minimum atomic E-state index is 0.942. The van der Waals surface area contributed by atoms with Gasteiger partial charge in [0.25, 0.3) is 0 Å². The normalized spacial score (nSPS) is 11.5. The molecule has 2 aromatic rings. The van der Waals surface area contributed by atoms with Crippen LogP contribution in [0.2, 0.25) is 0 Å². The summed E-state index contributed by atoms with van der Waals surface area (Å²) in [6, 6.07) is 13.1. The van der Waals surface area contributed by atoms with Gasteiger partial charge in [0, 0.05) is 24.2 Å². The van der Waals surface area contributed by atoms with Crippen LogP contribution in [0.15, 0.2) is 36.4 Å². The molecule has 0 radical (unpaired) electrons. The van der Waals surface area contributed by atoms with Crippen LogP contribution >= 0.6 is 0 Å². The summed E-state index contributed by atoms with van der Waals surface area (Å²) < 4.78 is 6.76. The smallest absolute Gasteiger partial charge is 0.134 e. The Morgan fingerprint density at radius 1 is 0.581 bits per heavy atom. The van der Waals surface area contributed by atoms with E-state index < -0.39 is 0 Å². The lowest BCUT2D eigenvalue weighted by Gasteiger charge is -2.25. The lowest BCUT2D eigenvalue weighted by atomic mass is 10.1. The summed E-state index contributed by atoms with van der Waals surface area (Å²) in [5.41, 5.74) is 4.99. The van der Waals surface area contributed by atoms with Crippen molar-refractivity contribution in [3.05, 3.63) is 58.7 Å². The minimum Gasteiger partial charge on any atom is -0.456 e. The third kappa shape index (κ3) is 7.66. The number of hydrogen-bond acceptors (Lipinski definition) is 3. The Balaban J connectivity index is 2.35. The molecule has 0 bridgehead atoms. The van der Waals surface area contributed by atoms with Gasteiger partial charge in [0.1, 0.15) is 11.5 Å². The van der Waals surface area contributed by atoms with E-state index >= 15 is 0 Å². The van der Waals surface area contributed by atoms with Crippen molar-refractivity contribution in [2.75, 3.05) is 26.2 Å². The molecule has 0 heterocycles. The van der Waals surface area contributed by atoms with Crippen molar-refractivity contribution in [3.8, 4) is 11.5 Å². The van der Waals surface area contributed by atoms with Crippen molar-refractivity contribution in [1.29, 1.82) is 0 Å². The fraction of sp³-hybridized carbons (Fsp3) is 0.571. The predicted octanol–water partition coefficient (Wildman–Crippen LogP) is 7.34. The second kappa shape index (κ2) is 13.5. The van der Waals surface area contributed by atoms with Crippen LogP contribution in [0.3, 0.4) is 0 Å². The Hall–Kier alpha value is -1.84. The Labute approximate surface area is 191 Å². The lowest BCUT2D eigenvalue weighted by Crippen LogP contribution is -2.25. The molecule has 31 heavy (non-hydrogen) atoms. The van der Waals surface area contributed by atoms with Crippen LogP contribution < -0.4 is 4.74 Å². The van der Waals surface area contributed by atoms with Crippen LogP contribution in [-0.4, -0.2) is 36.0 Å². The zero-order valence-electron chi connectivity index (χ0n) is 20.8. The average Bonchev–Trinajstić information content (AvgIpc) is 2.73. The van der Waals surface area contributed by atoms with Gasteiger partial charge in [0.2, 0.25) is 0 Å². The molecule has 0 saturated carbocycles. The molecule has 0 amide bonds. The Kier molecular flexibility index (Phi) is 11.1. The van der Waals surface area contributed by atoms with Gasteiger partial charge in [-0.25, -0.2) is 0 Å². The molecule has 0 unspecified atom stereocenters. The lowest BCUT2D eigenvalue weighted by molar-refractivity contribution is 0.259. The van der Waals surface area contributed by atoms with E-state index in [1.807, 2.05) is 0 Å². The summed E-state index contributed by atoms with van der Waals surface area (Å²) in [6.45, 7) is 19.8. The van der Waals surface area contributed by atoms with Gasteiger partial charge in [-0.3, -0.25) is 9.80 Å². The molecule has 0 spiro atoms. The first-order valence-corrected chi connectivity index (χ1v) is 12.3. The molecule has 0 aliphatic heterocycles. The standard InChI is InChI=1S/C28H44N2O/c1-7-17-29(18-8-2)21-25-15-11-13-23(5)27(25)31-28-24(6)14-12-16-26(28)22-30(19-9-3)20-10-4/h11-16H,7-10,17-22H2,1-6H3. The van der Waals surface area contributed by atoms with Gasteiger partial charge < -0.3 is 4.74 Å². The highest BCUT2D eigenvalue weighted by atomic mass is 16.5. The topological polar surface area (TPSA) is 15.7 Å². The highest BCUT2D eigenvalue weighted by Gasteiger charge is 2.16.